The summed E-state index contributed by atoms with van der Waals surface area (Å²) in [5.74, 6) is 0. The minimum Gasteiger partial charge on any atom is -1.00 e. The Morgan fingerprint density at radius 1 is 0.857 bits per heavy atom. The molecule has 38 valence electrons. The SMILES string of the molecule is [Ca+2].[Ca+2].[Cl-].[O-]Cl.[OH-].[OH-]. The molecule has 0 heterocycles. The first-order valence-electron chi connectivity index (χ1n) is 0.154. The minimum atomic E-state index is 0. The van der Waals surface area contributed by atoms with E-state index in [4.69, 9.17) is 4.66 Å². The molecule has 0 saturated heterocycles. The Hall–Kier alpha value is 2.98. The van der Waals surface area contributed by atoms with E-state index in [0.29, 0.717) is 0 Å². The molecular formula is H2Ca2Cl2O3. The third-order valence-electron chi connectivity index (χ3n) is 0. The van der Waals surface area contributed by atoms with E-state index in [1.165, 1.54) is 0 Å². The predicted molar refractivity (Wildman–Crippen MR) is 21.2 cm³/mol. The number of hydrogen-bond acceptors (Lipinski definition) is 3. The van der Waals surface area contributed by atoms with Crippen molar-refractivity contribution in [2.24, 2.45) is 0 Å². The number of hydrogen-bond donors (Lipinski definition) is 0. The van der Waals surface area contributed by atoms with Crippen molar-refractivity contribution in [3.63, 3.8) is 0 Å². The molecule has 0 fully saturated rings. The summed E-state index contributed by atoms with van der Waals surface area (Å²) in [5.41, 5.74) is 0. The van der Waals surface area contributed by atoms with Gasteiger partial charge in [0, 0.05) is 0 Å². The molecule has 0 spiro atoms. The Morgan fingerprint density at radius 2 is 0.857 bits per heavy atom. The molecule has 0 aromatic heterocycles. The summed E-state index contributed by atoms with van der Waals surface area (Å²) in [6, 6.07) is 0. The largest absolute Gasteiger partial charge is 2.00 e. The molecule has 0 aromatic carbocycles. The van der Waals surface area contributed by atoms with Crippen LogP contribution >= 0.6 is 11.9 Å². The van der Waals surface area contributed by atoms with Crippen LogP contribution in [-0.4, -0.2) is 86.4 Å². The van der Waals surface area contributed by atoms with E-state index < -0.39 is 0 Å². The Balaban J connectivity index is -0.000000000500. The first-order valence-corrected chi connectivity index (χ1v) is 0.463. The van der Waals surface area contributed by atoms with Crippen LogP contribution in [0.1, 0.15) is 0 Å². The van der Waals surface area contributed by atoms with Gasteiger partial charge < -0.3 is 28.0 Å². The first-order chi connectivity index (χ1) is 1.00. The van der Waals surface area contributed by atoms with E-state index in [1.54, 1.807) is 0 Å². The zero-order valence-electron chi connectivity index (χ0n) is 3.47. The molecule has 0 saturated carbocycles. The molecule has 3 nitrogen and oxygen atoms in total. The van der Waals surface area contributed by atoms with E-state index in [-0.39, 0.29) is 98.8 Å². The Labute approximate surface area is 113 Å². The van der Waals surface area contributed by atoms with Crippen LogP contribution in [0.5, 0.6) is 0 Å². The van der Waals surface area contributed by atoms with Crippen molar-refractivity contribution >= 4 is 87.3 Å². The van der Waals surface area contributed by atoms with Gasteiger partial charge in [-0.15, -0.1) is 0 Å². The Bertz CT molecular complexity index is 10.9. The molecule has 0 rings (SSSR count). The van der Waals surface area contributed by atoms with Crippen LogP contribution in [0.2, 0.25) is 0 Å². The van der Waals surface area contributed by atoms with Crippen LogP contribution in [0.3, 0.4) is 0 Å². The van der Waals surface area contributed by atoms with Gasteiger partial charge in [-0.3, -0.25) is 0 Å². The van der Waals surface area contributed by atoms with Gasteiger partial charge in [0.2, 0.25) is 0 Å². The molecule has 7 heavy (non-hydrogen) atoms. The van der Waals surface area contributed by atoms with Crippen LogP contribution in [0.25, 0.3) is 0 Å². The fourth-order valence-corrected chi connectivity index (χ4v) is 0. The second-order valence-corrected chi connectivity index (χ2v) is 0. The van der Waals surface area contributed by atoms with Crippen LogP contribution in [-0.2, 0) is 0 Å². The standard InChI is InChI=1S/2Ca.ClO.ClH.2H2O/c;;1-2;;;/h;;;1H;2*1H2/q2*+2;-1;;;/p-3. The van der Waals surface area contributed by atoms with Gasteiger partial charge in [-0.05, 0) is 0 Å². The molecule has 0 unspecified atom stereocenters. The molecule has 0 amide bonds. The summed E-state index contributed by atoms with van der Waals surface area (Å²) in [5, 5.41) is 0. The normalized spacial score (nSPS) is 0.857. The van der Waals surface area contributed by atoms with Crippen LogP contribution < -0.4 is 17.1 Å². The number of halogens is 2. The molecule has 0 aliphatic heterocycles. The van der Waals surface area contributed by atoms with Crippen molar-refractivity contribution in [2.45, 2.75) is 0 Å². The maximum absolute atomic E-state index is 7.72. The second-order valence-electron chi connectivity index (χ2n) is 0. The van der Waals surface area contributed by atoms with Crippen molar-refractivity contribution in [2.75, 3.05) is 0 Å². The molecule has 0 atom stereocenters. The fraction of sp³-hybridized carbons (Fsp3) is 0. The first kappa shape index (κ1) is 50.8. The molecule has 0 aliphatic carbocycles. The summed E-state index contributed by atoms with van der Waals surface area (Å²) >= 11 is 3.39. The van der Waals surface area contributed by atoms with E-state index in [0.717, 1.165) is 0 Å². The van der Waals surface area contributed by atoms with Crippen LogP contribution in [0.4, 0.5) is 0 Å². The van der Waals surface area contributed by atoms with Gasteiger partial charge >= 0.3 is 75.5 Å². The quantitative estimate of drug-likeness (QED) is 0.369. The molecule has 0 aliphatic rings. The monoisotopic (exact) mass is 200 g/mol. The molecular weight excluding hydrogens is 199 g/mol. The van der Waals surface area contributed by atoms with Crippen molar-refractivity contribution < 1.29 is 28.0 Å². The smallest absolute Gasteiger partial charge is 1.00 e. The van der Waals surface area contributed by atoms with Gasteiger partial charge in [0.15, 0.2) is 0 Å². The zero-order valence-corrected chi connectivity index (χ0v) is 9.40. The van der Waals surface area contributed by atoms with E-state index in [2.05, 4.69) is 11.9 Å². The van der Waals surface area contributed by atoms with Gasteiger partial charge in [-0.25, -0.2) is 11.9 Å². The molecule has 0 aromatic rings. The molecule has 2 N–H and O–H groups in total. The average molecular weight is 201 g/mol. The van der Waals surface area contributed by atoms with Gasteiger partial charge in [0.25, 0.3) is 0 Å². The zero-order chi connectivity index (χ0) is 2.00. The second kappa shape index (κ2) is 64.4. The van der Waals surface area contributed by atoms with Gasteiger partial charge in [0.1, 0.15) is 0 Å². The third-order valence-corrected chi connectivity index (χ3v) is 0. The van der Waals surface area contributed by atoms with E-state index in [1.807, 2.05) is 0 Å². The van der Waals surface area contributed by atoms with E-state index in [9.17, 15) is 0 Å². The van der Waals surface area contributed by atoms with Gasteiger partial charge in [-0.1, -0.05) is 0 Å². The summed E-state index contributed by atoms with van der Waals surface area (Å²) in [6.07, 6.45) is 0. The summed E-state index contributed by atoms with van der Waals surface area (Å²) in [7, 11) is 0. The maximum atomic E-state index is 7.72. The van der Waals surface area contributed by atoms with Gasteiger partial charge in [0.05, 0.1) is 0 Å². The van der Waals surface area contributed by atoms with Crippen LogP contribution in [0.15, 0.2) is 0 Å². The van der Waals surface area contributed by atoms with Crippen molar-refractivity contribution in [1.29, 1.82) is 0 Å². The van der Waals surface area contributed by atoms with Gasteiger partial charge in [-0.2, -0.15) is 0 Å². The third kappa shape index (κ3) is 49.3. The topological polar surface area (TPSA) is 83.1 Å². The summed E-state index contributed by atoms with van der Waals surface area (Å²) < 4.78 is 7.72. The predicted octanol–water partition coefficient (Wildman–Crippen LogP) is -4.61. The number of rotatable bonds is 0. The Morgan fingerprint density at radius 3 is 0.857 bits per heavy atom. The molecule has 7 heteroatoms. The van der Waals surface area contributed by atoms with Crippen LogP contribution in [0, 0.1) is 0 Å². The van der Waals surface area contributed by atoms with Crippen molar-refractivity contribution in [3.05, 3.63) is 0 Å². The maximum Gasteiger partial charge on any atom is 2.00 e. The Kier molecular flexibility index (Phi) is 467. The van der Waals surface area contributed by atoms with Crippen molar-refractivity contribution in [1.82, 2.24) is 0 Å². The van der Waals surface area contributed by atoms with E-state index >= 15 is 0 Å². The summed E-state index contributed by atoms with van der Waals surface area (Å²) in [4.78, 5) is 0. The average Bonchev–Trinajstić information content (AvgIpc) is 1.00. The molecule has 0 radical (unpaired) electrons. The minimum absolute atomic E-state index is 0. The van der Waals surface area contributed by atoms with Crippen molar-refractivity contribution in [3.8, 4) is 0 Å². The molecule has 0 bridgehead atoms. The fourth-order valence-electron chi connectivity index (χ4n) is 0. The summed E-state index contributed by atoms with van der Waals surface area (Å²) in [6.45, 7) is 0.